The summed E-state index contributed by atoms with van der Waals surface area (Å²) >= 11 is 0. The summed E-state index contributed by atoms with van der Waals surface area (Å²) in [6, 6.07) is -0.893. The van der Waals surface area contributed by atoms with Crippen molar-refractivity contribution in [2.24, 2.45) is 0 Å². The van der Waals surface area contributed by atoms with Crippen LogP contribution in [-0.2, 0) is 27.9 Å². The predicted octanol–water partition coefficient (Wildman–Crippen LogP) is 16.3. The molecule has 10 heteroatoms. The third-order valence-electron chi connectivity index (χ3n) is 12.5. The van der Waals surface area contributed by atoms with E-state index in [-0.39, 0.29) is 24.9 Å². The van der Waals surface area contributed by atoms with E-state index in [9.17, 15) is 19.0 Å². The highest BCUT2D eigenvalue weighted by atomic mass is 31.2. The zero-order valence-corrected chi connectivity index (χ0v) is 46.2. The highest BCUT2D eigenvalue weighted by Crippen LogP contribution is 2.38. The maximum atomic E-state index is 13.5. The predicted molar refractivity (Wildman–Crippen MR) is 289 cm³/mol. The molecule has 0 aliphatic heterocycles. The maximum absolute atomic E-state index is 13.5. The minimum Gasteiger partial charge on any atom is -0.756 e. The molecule has 0 rings (SSSR count). The van der Waals surface area contributed by atoms with Gasteiger partial charge in [-0.3, -0.25) is 14.2 Å². The van der Waals surface area contributed by atoms with Crippen molar-refractivity contribution in [3.63, 3.8) is 0 Å². The highest BCUT2D eigenvalue weighted by molar-refractivity contribution is 7.45. The fraction of sp³-hybridized carbons (Fsp3) is 0.828. The molecule has 0 fully saturated rings. The van der Waals surface area contributed by atoms with Crippen molar-refractivity contribution in [1.82, 2.24) is 5.32 Å². The van der Waals surface area contributed by atoms with Gasteiger partial charge in [0.05, 0.1) is 33.8 Å². The largest absolute Gasteiger partial charge is 0.756 e. The van der Waals surface area contributed by atoms with Crippen LogP contribution in [0.2, 0.25) is 0 Å². The number of phosphoric ester groups is 1. The standard InChI is InChI=1S/C58H109N2O7P/c1-7-10-13-16-19-22-25-27-29-30-31-32-35-38-41-44-47-50-57(61)59-55(54-66-68(63,64)65-53-52-60(4,5)6)56(49-46-43-40-37-34-24-21-18-15-12-9-3)67-58(62)51-48-45-42-39-36-33-28-26-23-20-17-14-11-8-2/h11,14,20,23,28,33,46,49,55-56H,7-10,12-13,15-19,21-22,24-27,29-32,34-45,47-48,50-54H2,1-6H3,(H-,59,61,63,64)/b14-11+,23-20+,33-28+,49-46+. The van der Waals surface area contributed by atoms with Crippen molar-refractivity contribution >= 4 is 19.7 Å². The van der Waals surface area contributed by atoms with Gasteiger partial charge in [0.1, 0.15) is 19.3 Å². The Morgan fingerprint density at radius 3 is 1.41 bits per heavy atom. The van der Waals surface area contributed by atoms with E-state index in [1.807, 2.05) is 33.3 Å². The second kappa shape index (κ2) is 48.6. The summed E-state index contributed by atoms with van der Waals surface area (Å²) in [7, 11) is 1.17. The number of rotatable bonds is 51. The number of quaternary nitrogens is 1. The lowest BCUT2D eigenvalue weighted by Crippen LogP contribution is -2.47. The van der Waals surface area contributed by atoms with Gasteiger partial charge in [0.15, 0.2) is 0 Å². The Bertz CT molecular complexity index is 1310. The Hall–Kier alpha value is -2.03. The van der Waals surface area contributed by atoms with E-state index in [0.29, 0.717) is 23.9 Å². The number of allylic oxidation sites excluding steroid dienone is 7. The molecule has 0 aromatic heterocycles. The first-order valence-corrected chi connectivity index (χ1v) is 29.9. The van der Waals surface area contributed by atoms with Crippen LogP contribution in [0.3, 0.4) is 0 Å². The molecule has 0 bridgehead atoms. The lowest BCUT2D eigenvalue weighted by Gasteiger charge is -2.30. The van der Waals surface area contributed by atoms with Crippen LogP contribution in [0.15, 0.2) is 48.6 Å². The van der Waals surface area contributed by atoms with Gasteiger partial charge in [0.2, 0.25) is 5.91 Å². The molecule has 0 aromatic rings. The number of nitrogens with one attached hydrogen (secondary N) is 1. The Labute approximate surface area is 420 Å². The SMILES string of the molecule is CC/C=C/C/C=C/C/C=C/CCCCCCC(=O)OC(/C=C/CCCCCCCCCCC)C(COP(=O)([O-])OCC[N+](C)(C)C)NC(=O)CCCCCCCCCCCCCCCCCCC. The number of nitrogens with zero attached hydrogens (tertiary/aromatic N) is 1. The van der Waals surface area contributed by atoms with E-state index in [2.05, 4.69) is 62.5 Å². The van der Waals surface area contributed by atoms with Crippen molar-refractivity contribution in [3.05, 3.63) is 48.6 Å². The van der Waals surface area contributed by atoms with Gasteiger partial charge in [-0.1, -0.05) is 230 Å². The molecule has 0 radical (unpaired) electrons. The molecule has 0 aliphatic carbocycles. The summed E-state index contributed by atoms with van der Waals surface area (Å²) in [4.78, 5) is 39.8. The molecule has 68 heavy (non-hydrogen) atoms. The number of likely N-dealkylation sites (N-methyl/N-ethyl adjacent to an activating group) is 1. The van der Waals surface area contributed by atoms with Crippen LogP contribution in [0, 0.1) is 0 Å². The van der Waals surface area contributed by atoms with E-state index in [0.717, 1.165) is 83.5 Å². The van der Waals surface area contributed by atoms with Crippen LogP contribution in [-0.4, -0.2) is 69.4 Å². The van der Waals surface area contributed by atoms with E-state index >= 15 is 0 Å². The first kappa shape index (κ1) is 66.0. The summed E-state index contributed by atoms with van der Waals surface area (Å²) in [5, 5.41) is 3.01. The fourth-order valence-electron chi connectivity index (χ4n) is 8.12. The maximum Gasteiger partial charge on any atom is 0.306 e. The molecule has 3 atom stereocenters. The lowest BCUT2D eigenvalue weighted by molar-refractivity contribution is -0.870. The first-order valence-electron chi connectivity index (χ1n) is 28.4. The molecular weight excluding hydrogens is 868 g/mol. The molecule has 0 aromatic carbocycles. The minimum absolute atomic E-state index is 0.0253. The van der Waals surface area contributed by atoms with Gasteiger partial charge >= 0.3 is 5.97 Å². The van der Waals surface area contributed by atoms with Crippen LogP contribution in [0.5, 0.6) is 0 Å². The summed E-state index contributed by atoms with van der Waals surface area (Å²) in [5.74, 6) is -0.561. The van der Waals surface area contributed by atoms with E-state index in [1.54, 1.807) is 0 Å². The van der Waals surface area contributed by atoms with Crippen LogP contribution in [0.4, 0.5) is 0 Å². The van der Waals surface area contributed by atoms with Gasteiger partial charge in [-0.15, -0.1) is 0 Å². The number of carbonyl (C=O) groups is 2. The number of hydrogen-bond acceptors (Lipinski definition) is 7. The summed E-state index contributed by atoms with van der Waals surface area (Å²) in [6.07, 6.45) is 57.9. The van der Waals surface area contributed by atoms with Crippen molar-refractivity contribution in [1.29, 1.82) is 0 Å². The topological polar surface area (TPSA) is 114 Å². The number of hydrogen-bond donors (Lipinski definition) is 1. The van der Waals surface area contributed by atoms with Crippen LogP contribution in [0.25, 0.3) is 0 Å². The highest BCUT2D eigenvalue weighted by Gasteiger charge is 2.27. The van der Waals surface area contributed by atoms with Gasteiger partial charge in [-0.2, -0.15) is 0 Å². The smallest absolute Gasteiger partial charge is 0.306 e. The molecule has 0 spiro atoms. The van der Waals surface area contributed by atoms with Gasteiger partial charge in [0.25, 0.3) is 7.82 Å². The molecule has 0 saturated carbocycles. The summed E-state index contributed by atoms with van der Waals surface area (Å²) in [6.45, 7) is 6.72. The van der Waals surface area contributed by atoms with E-state index in [1.165, 1.54) is 135 Å². The number of ether oxygens (including phenoxy) is 1. The zero-order chi connectivity index (χ0) is 50.1. The molecule has 9 nitrogen and oxygen atoms in total. The normalized spacial score (nSPS) is 14.2. The lowest BCUT2D eigenvalue weighted by atomic mass is 10.0. The third kappa shape index (κ3) is 49.0. The minimum atomic E-state index is -4.69. The quantitative estimate of drug-likeness (QED) is 0.0212. The molecule has 0 heterocycles. The third-order valence-corrected chi connectivity index (χ3v) is 13.5. The number of unbranched alkanes of at least 4 members (excludes halogenated alkanes) is 29. The van der Waals surface area contributed by atoms with Crippen molar-refractivity contribution in [2.45, 2.75) is 270 Å². The zero-order valence-electron chi connectivity index (χ0n) is 45.3. The van der Waals surface area contributed by atoms with Gasteiger partial charge in [0, 0.05) is 12.8 Å². The number of phosphoric acid groups is 1. The molecule has 0 saturated heterocycles. The molecular formula is C58H109N2O7P. The van der Waals surface area contributed by atoms with E-state index in [4.69, 9.17) is 13.8 Å². The van der Waals surface area contributed by atoms with Crippen LogP contribution in [0.1, 0.15) is 258 Å². The van der Waals surface area contributed by atoms with Gasteiger partial charge in [-0.05, 0) is 63.9 Å². The van der Waals surface area contributed by atoms with Crippen LogP contribution < -0.4 is 10.2 Å². The fourth-order valence-corrected chi connectivity index (χ4v) is 8.85. The van der Waals surface area contributed by atoms with Gasteiger partial charge < -0.3 is 28.5 Å². The Morgan fingerprint density at radius 1 is 0.529 bits per heavy atom. The molecule has 0 aliphatic rings. The Kier molecular flexibility index (Phi) is 47.1. The molecule has 3 unspecified atom stereocenters. The summed E-state index contributed by atoms with van der Waals surface area (Å²) < 4.78 is 30.2. The second-order valence-corrected chi connectivity index (χ2v) is 21.8. The average molecular weight is 977 g/mol. The second-order valence-electron chi connectivity index (χ2n) is 20.4. The van der Waals surface area contributed by atoms with Crippen molar-refractivity contribution in [2.75, 3.05) is 40.9 Å². The van der Waals surface area contributed by atoms with Crippen LogP contribution >= 0.6 is 7.82 Å². The number of carbonyl (C=O) groups excluding carboxylic acids is 2. The molecule has 1 N–H and O–H groups in total. The molecule has 398 valence electrons. The first-order chi connectivity index (χ1) is 32.9. The number of amides is 1. The van der Waals surface area contributed by atoms with Crippen molar-refractivity contribution in [3.8, 4) is 0 Å². The number of esters is 1. The Morgan fingerprint density at radius 2 is 0.941 bits per heavy atom. The van der Waals surface area contributed by atoms with Crippen molar-refractivity contribution < 1.29 is 37.3 Å². The molecule has 1 amide bonds. The summed E-state index contributed by atoms with van der Waals surface area (Å²) in [5.41, 5.74) is 0. The monoisotopic (exact) mass is 977 g/mol. The van der Waals surface area contributed by atoms with E-state index < -0.39 is 26.6 Å². The van der Waals surface area contributed by atoms with Gasteiger partial charge in [-0.25, -0.2) is 0 Å². The average Bonchev–Trinajstić information content (AvgIpc) is 3.29. The Balaban J connectivity index is 5.32.